The quantitative estimate of drug-likeness (QED) is 0.507. The highest BCUT2D eigenvalue weighted by atomic mass is 16.4. The molecule has 0 aromatic heterocycles. The van der Waals surface area contributed by atoms with Crippen molar-refractivity contribution in [2.45, 2.75) is 40.2 Å². The molecule has 4 nitrogen and oxygen atoms in total. The van der Waals surface area contributed by atoms with Gasteiger partial charge in [0.25, 0.3) is 0 Å². The molecule has 1 saturated heterocycles. The lowest BCUT2D eigenvalue weighted by molar-refractivity contribution is 0.285. The smallest absolute Gasteiger partial charge is 0.0605 e. The van der Waals surface area contributed by atoms with Crippen LogP contribution in [-0.4, -0.2) is 42.0 Å². The Labute approximate surface area is 145 Å². The first kappa shape index (κ1) is 18.5. The fourth-order valence-electron chi connectivity index (χ4n) is 2.61. The van der Waals surface area contributed by atoms with E-state index in [1.165, 1.54) is 5.56 Å². The maximum Gasteiger partial charge on any atom is 0.0605 e. The van der Waals surface area contributed by atoms with Crippen LogP contribution in [0.5, 0.6) is 0 Å². The molecule has 0 atom stereocenters. The van der Waals surface area contributed by atoms with Gasteiger partial charge in [-0.15, -0.1) is 0 Å². The fraction of sp³-hybridized carbons (Fsp3) is 0.550. The molecule has 0 unspecified atom stereocenters. The fourth-order valence-corrected chi connectivity index (χ4v) is 2.61. The van der Waals surface area contributed by atoms with E-state index in [-0.39, 0.29) is 0 Å². The van der Waals surface area contributed by atoms with Crippen LogP contribution in [-0.2, 0) is 6.54 Å². The van der Waals surface area contributed by atoms with Gasteiger partial charge in [-0.2, -0.15) is 0 Å². The third-order valence-corrected chi connectivity index (χ3v) is 4.05. The van der Waals surface area contributed by atoms with Crippen LogP contribution in [0.2, 0.25) is 0 Å². The van der Waals surface area contributed by atoms with Gasteiger partial charge in [0.05, 0.1) is 12.3 Å². The predicted molar refractivity (Wildman–Crippen MR) is 99.4 cm³/mol. The molecule has 0 radical (unpaired) electrons. The lowest BCUT2D eigenvalue weighted by Crippen LogP contribution is -2.34. The zero-order valence-electron chi connectivity index (χ0n) is 15.1. The number of likely N-dealkylation sites (tertiary alicyclic amines) is 1. The summed E-state index contributed by atoms with van der Waals surface area (Å²) in [4.78, 5) is 2.30. The van der Waals surface area contributed by atoms with E-state index in [4.69, 9.17) is 5.21 Å². The zero-order chi connectivity index (χ0) is 17.4. The molecule has 0 amide bonds. The lowest BCUT2D eigenvalue weighted by Gasteiger charge is -2.24. The van der Waals surface area contributed by atoms with E-state index in [1.54, 1.807) is 0 Å². The van der Waals surface area contributed by atoms with Gasteiger partial charge in [0, 0.05) is 44.6 Å². The highest BCUT2D eigenvalue weighted by Crippen LogP contribution is 2.11. The maximum atomic E-state index is 8.76. The Morgan fingerprint density at radius 2 is 1.83 bits per heavy atom. The van der Waals surface area contributed by atoms with Crippen molar-refractivity contribution in [1.82, 2.24) is 10.2 Å². The summed E-state index contributed by atoms with van der Waals surface area (Å²) >= 11 is 0. The van der Waals surface area contributed by atoms with Crippen molar-refractivity contribution in [1.29, 1.82) is 0 Å². The van der Waals surface area contributed by atoms with Crippen LogP contribution in [0.25, 0.3) is 0 Å². The summed E-state index contributed by atoms with van der Waals surface area (Å²) < 4.78 is 0. The van der Waals surface area contributed by atoms with Crippen LogP contribution < -0.4 is 5.32 Å². The molecule has 1 aliphatic heterocycles. The molecule has 1 heterocycles. The van der Waals surface area contributed by atoms with Gasteiger partial charge in [-0.25, -0.2) is 0 Å². The van der Waals surface area contributed by atoms with Gasteiger partial charge in [-0.1, -0.05) is 49.9 Å². The first-order chi connectivity index (χ1) is 11.5. The Balaban J connectivity index is 1.76. The van der Waals surface area contributed by atoms with Gasteiger partial charge in [0.1, 0.15) is 0 Å². The predicted octanol–water partition coefficient (Wildman–Crippen LogP) is 3.10. The van der Waals surface area contributed by atoms with E-state index in [0.29, 0.717) is 5.41 Å². The summed E-state index contributed by atoms with van der Waals surface area (Å²) in [5.41, 5.74) is 3.56. The highest BCUT2D eigenvalue weighted by molar-refractivity contribution is 5.84. The number of hydrogen-bond donors (Lipinski definition) is 2. The summed E-state index contributed by atoms with van der Waals surface area (Å²) in [7, 11) is 0. The third kappa shape index (κ3) is 6.74. The second kappa shape index (κ2) is 8.86. The maximum absolute atomic E-state index is 8.76. The van der Waals surface area contributed by atoms with Crippen LogP contribution in [0.4, 0.5) is 0 Å². The van der Waals surface area contributed by atoms with Crippen molar-refractivity contribution < 1.29 is 5.21 Å². The monoisotopic (exact) mass is 327 g/mol. The number of nitrogens with zero attached hydrogens (tertiary/aromatic N) is 2. The van der Waals surface area contributed by atoms with Gasteiger partial charge in [-0.05, 0) is 23.1 Å². The normalized spacial score (nSPS) is 15.7. The van der Waals surface area contributed by atoms with Gasteiger partial charge < -0.3 is 10.5 Å². The molecule has 1 aromatic carbocycles. The third-order valence-electron chi connectivity index (χ3n) is 4.05. The SMILES string of the molecule is CC(C)(C)CNCc1ccc(C#CCN2CCC(=NO)CC2)cc1. The molecular formula is C20H29N3O. The van der Waals surface area contributed by atoms with Crippen LogP contribution in [0.15, 0.2) is 29.4 Å². The summed E-state index contributed by atoms with van der Waals surface area (Å²) in [6.07, 6.45) is 1.68. The minimum atomic E-state index is 0.309. The van der Waals surface area contributed by atoms with E-state index in [2.05, 4.69) is 72.2 Å². The van der Waals surface area contributed by atoms with E-state index in [9.17, 15) is 0 Å². The standard InChI is InChI=1S/C20H29N3O/c1-20(2,3)16-21-15-18-8-6-17(7-9-18)5-4-12-23-13-10-19(22-24)11-14-23/h6-9,21,24H,10-16H2,1-3H3. The van der Waals surface area contributed by atoms with E-state index in [0.717, 1.165) is 56.8 Å². The molecule has 1 aliphatic rings. The Morgan fingerprint density at radius 1 is 1.17 bits per heavy atom. The number of benzene rings is 1. The largest absolute Gasteiger partial charge is 0.411 e. The van der Waals surface area contributed by atoms with Gasteiger partial charge >= 0.3 is 0 Å². The van der Waals surface area contributed by atoms with Gasteiger partial charge in [0.2, 0.25) is 0 Å². The summed E-state index contributed by atoms with van der Waals surface area (Å²) in [5, 5.41) is 15.5. The second-order valence-corrected chi connectivity index (χ2v) is 7.61. The number of oxime groups is 1. The molecule has 0 saturated carbocycles. The molecule has 0 spiro atoms. The first-order valence-electron chi connectivity index (χ1n) is 8.67. The average molecular weight is 327 g/mol. The van der Waals surface area contributed by atoms with Gasteiger partial charge in [-0.3, -0.25) is 4.90 Å². The highest BCUT2D eigenvalue weighted by Gasteiger charge is 2.13. The molecule has 4 heteroatoms. The number of hydrogen-bond acceptors (Lipinski definition) is 4. The molecule has 0 bridgehead atoms. The molecule has 1 fully saturated rings. The first-order valence-corrected chi connectivity index (χ1v) is 8.67. The average Bonchev–Trinajstić information content (AvgIpc) is 2.56. The minimum absolute atomic E-state index is 0.309. The Morgan fingerprint density at radius 3 is 2.42 bits per heavy atom. The topological polar surface area (TPSA) is 47.9 Å². The second-order valence-electron chi connectivity index (χ2n) is 7.61. The van der Waals surface area contributed by atoms with E-state index < -0.39 is 0 Å². The molecule has 2 rings (SSSR count). The lowest BCUT2D eigenvalue weighted by atomic mass is 9.97. The van der Waals surface area contributed by atoms with Crippen molar-refractivity contribution in [2.24, 2.45) is 10.6 Å². The number of piperidine rings is 1. The van der Waals surface area contributed by atoms with Crippen LogP contribution >= 0.6 is 0 Å². The molecular weight excluding hydrogens is 298 g/mol. The zero-order valence-corrected chi connectivity index (χ0v) is 15.1. The molecule has 130 valence electrons. The van der Waals surface area contributed by atoms with Crippen molar-refractivity contribution in [2.75, 3.05) is 26.2 Å². The van der Waals surface area contributed by atoms with Gasteiger partial charge in [0.15, 0.2) is 0 Å². The summed E-state index contributed by atoms with van der Waals surface area (Å²) in [6.45, 7) is 11.2. The van der Waals surface area contributed by atoms with Crippen LogP contribution in [0.1, 0.15) is 44.7 Å². The Hall–Kier alpha value is -1.83. The van der Waals surface area contributed by atoms with Crippen LogP contribution in [0, 0.1) is 17.3 Å². The van der Waals surface area contributed by atoms with Crippen LogP contribution in [0.3, 0.4) is 0 Å². The Kier molecular flexibility index (Phi) is 6.84. The van der Waals surface area contributed by atoms with Crippen molar-refractivity contribution >= 4 is 5.71 Å². The number of rotatable bonds is 4. The van der Waals surface area contributed by atoms with E-state index in [1.807, 2.05) is 0 Å². The number of nitrogens with one attached hydrogen (secondary N) is 1. The molecule has 1 aromatic rings. The Bertz CT molecular complexity index is 593. The molecule has 2 N–H and O–H groups in total. The van der Waals surface area contributed by atoms with Crippen molar-refractivity contribution in [3.05, 3.63) is 35.4 Å². The summed E-state index contributed by atoms with van der Waals surface area (Å²) in [6, 6.07) is 8.47. The molecule has 24 heavy (non-hydrogen) atoms. The van der Waals surface area contributed by atoms with E-state index >= 15 is 0 Å². The van der Waals surface area contributed by atoms with Crippen molar-refractivity contribution in [3.63, 3.8) is 0 Å². The summed E-state index contributed by atoms with van der Waals surface area (Å²) in [5.74, 6) is 6.48. The van der Waals surface area contributed by atoms with Crippen molar-refractivity contribution in [3.8, 4) is 11.8 Å². The molecule has 0 aliphatic carbocycles. The minimum Gasteiger partial charge on any atom is -0.411 e.